The molecular formula is C13H24N2O2. The average Bonchev–Trinajstić information content (AvgIpc) is 2.56. The molecule has 0 aromatic carbocycles. The molecule has 17 heavy (non-hydrogen) atoms. The molecule has 98 valence electrons. The molecule has 1 amide bonds. The van der Waals surface area contributed by atoms with Crippen LogP contribution in [0.25, 0.3) is 0 Å². The number of aliphatic hydroxyl groups is 1. The van der Waals surface area contributed by atoms with Gasteiger partial charge >= 0.3 is 0 Å². The van der Waals surface area contributed by atoms with Crippen molar-refractivity contribution in [2.45, 2.75) is 46.1 Å². The van der Waals surface area contributed by atoms with E-state index in [0.29, 0.717) is 19.5 Å². The van der Waals surface area contributed by atoms with Gasteiger partial charge < -0.3 is 16.2 Å². The molecule has 3 atom stereocenters. The summed E-state index contributed by atoms with van der Waals surface area (Å²) in [5.74, 6) is 0.0771. The van der Waals surface area contributed by atoms with Crippen molar-refractivity contribution >= 4 is 5.91 Å². The number of carbonyl (C=O) groups is 1. The summed E-state index contributed by atoms with van der Waals surface area (Å²) in [6.45, 7) is 7.34. The molecule has 2 bridgehead atoms. The van der Waals surface area contributed by atoms with Gasteiger partial charge in [-0.1, -0.05) is 20.8 Å². The molecule has 4 nitrogen and oxygen atoms in total. The van der Waals surface area contributed by atoms with Crippen LogP contribution in [0.2, 0.25) is 0 Å². The maximum Gasteiger partial charge on any atom is 0.226 e. The second kappa shape index (κ2) is 3.69. The number of nitrogens with two attached hydrogens (primary N) is 1. The van der Waals surface area contributed by atoms with E-state index in [-0.39, 0.29) is 22.8 Å². The van der Waals surface area contributed by atoms with Crippen molar-refractivity contribution in [1.82, 2.24) is 5.32 Å². The van der Waals surface area contributed by atoms with Gasteiger partial charge in [0.05, 0.1) is 11.5 Å². The van der Waals surface area contributed by atoms with E-state index in [0.717, 1.165) is 12.8 Å². The Morgan fingerprint density at radius 2 is 2.06 bits per heavy atom. The van der Waals surface area contributed by atoms with Gasteiger partial charge in [0.1, 0.15) is 0 Å². The summed E-state index contributed by atoms with van der Waals surface area (Å²) in [7, 11) is 0. The molecule has 2 saturated carbocycles. The third-order valence-corrected chi connectivity index (χ3v) is 5.84. The molecule has 0 aromatic heterocycles. The standard InChI is InChI=1S/C13H24N2O2/c1-11(2)12(3)4-5-13(11,8-9(12)16)10(17)15-7-6-14/h9,16H,4-8,14H2,1-3H3,(H,15,17)/t9-,12-,13-/m0/s1. The lowest BCUT2D eigenvalue weighted by molar-refractivity contribution is -0.136. The largest absolute Gasteiger partial charge is 0.393 e. The molecule has 2 fully saturated rings. The number of hydrogen-bond acceptors (Lipinski definition) is 3. The first-order chi connectivity index (χ1) is 7.82. The summed E-state index contributed by atoms with van der Waals surface area (Å²) in [4.78, 5) is 12.4. The van der Waals surface area contributed by atoms with Crippen LogP contribution in [-0.2, 0) is 4.79 Å². The van der Waals surface area contributed by atoms with E-state index in [1.807, 2.05) is 0 Å². The van der Waals surface area contributed by atoms with E-state index >= 15 is 0 Å². The van der Waals surface area contributed by atoms with E-state index in [1.165, 1.54) is 0 Å². The molecule has 0 aromatic rings. The Bertz CT molecular complexity index is 342. The number of rotatable bonds is 3. The number of fused-ring (bicyclic) bond motifs is 2. The van der Waals surface area contributed by atoms with Crippen LogP contribution in [0.4, 0.5) is 0 Å². The van der Waals surface area contributed by atoms with Gasteiger partial charge in [-0.05, 0) is 30.1 Å². The average molecular weight is 240 g/mol. The first kappa shape index (κ1) is 12.8. The highest BCUT2D eigenvalue weighted by atomic mass is 16.3. The Morgan fingerprint density at radius 1 is 1.41 bits per heavy atom. The Labute approximate surface area is 103 Å². The minimum Gasteiger partial charge on any atom is -0.393 e. The molecule has 2 rings (SSSR count). The number of aliphatic hydroxyl groups excluding tert-OH is 1. The lowest BCUT2D eigenvalue weighted by Gasteiger charge is -2.40. The zero-order chi connectivity index (χ0) is 12.9. The molecule has 2 aliphatic rings. The van der Waals surface area contributed by atoms with Crippen molar-refractivity contribution in [3.8, 4) is 0 Å². The van der Waals surface area contributed by atoms with Gasteiger partial charge in [0.15, 0.2) is 0 Å². The summed E-state index contributed by atoms with van der Waals surface area (Å²) in [6, 6.07) is 0. The predicted octanol–water partition coefficient (Wildman–Crippen LogP) is 0.639. The van der Waals surface area contributed by atoms with Crippen molar-refractivity contribution in [1.29, 1.82) is 0 Å². The maximum atomic E-state index is 12.4. The quantitative estimate of drug-likeness (QED) is 0.677. The van der Waals surface area contributed by atoms with Gasteiger partial charge in [-0.2, -0.15) is 0 Å². The van der Waals surface area contributed by atoms with Crippen molar-refractivity contribution in [3.63, 3.8) is 0 Å². The van der Waals surface area contributed by atoms with Crippen LogP contribution in [0.15, 0.2) is 0 Å². The zero-order valence-corrected chi connectivity index (χ0v) is 11.0. The molecule has 4 N–H and O–H groups in total. The molecule has 2 aliphatic carbocycles. The van der Waals surface area contributed by atoms with E-state index < -0.39 is 5.41 Å². The molecule has 0 saturated heterocycles. The number of nitrogens with one attached hydrogen (secondary N) is 1. The molecule has 4 heteroatoms. The van der Waals surface area contributed by atoms with Gasteiger partial charge in [-0.15, -0.1) is 0 Å². The highest BCUT2D eigenvalue weighted by Gasteiger charge is 2.71. The van der Waals surface area contributed by atoms with Gasteiger partial charge in [-0.25, -0.2) is 0 Å². The lowest BCUT2D eigenvalue weighted by atomic mass is 9.64. The van der Waals surface area contributed by atoms with Crippen LogP contribution < -0.4 is 11.1 Å². The Morgan fingerprint density at radius 3 is 2.47 bits per heavy atom. The Hall–Kier alpha value is -0.610. The second-order valence-corrected chi connectivity index (χ2v) is 6.39. The molecule has 0 unspecified atom stereocenters. The molecule has 0 aliphatic heterocycles. The van der Waals surface area contributed by atoms with Gasteiger partial charge in [0, 0.05) is 13.1 Å². The SMILES string of the molecule is CC1(C)[C@@]2(C(=O)NCCN)CC[C@@]1(C)[C@@H](O)C2. The summed E-state index contributed by atoms with van der Waals surface area (Å²) in [5, 5.41) is 13.2. The van der Waals surface area contributed by atoms with E-state index in [9.17, 15) is 9.90 Å². The molecular weight excluding hydrogens is 216 g/mol. The highest BCUT2D eigenvalue weighted by molar-refractivity contribution is 5.85. The Balaban J connectivity index is 2.30. The summed E-state index contributed by atoms with van der Waals surface area (Å²) >= 11 is 0. The topological polar surface area (TPSA) is 75.4 Å². The first-order valence-electron chi connectivity index (χ1n) is 6.48. The fraction of sp³-hybridized carbons (Fsp3) is 0.923. The zero-order valence-electron chi connectivity index (χ0n) is 11.0. The number of carbonyl (C=O) groups excluding carboxylic acids is 1. The normalized spacial score (nSPS) is 42.8. The summed E-state index contributed by atoms with van der Waals surface area (Å²) < 4.78 is 0. The van der Waals surface area contributed by atoms with E-state index in [4.69, 9.17) is 5.73 Å². The van der Waals surface area contributed by atoms with Crippen molar-refractivity contribution in [2.75, 3.05) is 13.1 Å². The lowest BCUT2D eigenvalue weighted by Crippen LogP contribution is -2.47. The first-order valence-corrected chi connectivity index (χ1v) is 6.48. The predicted molar refractivity (Wildman–Crippen MR) is 66.2 cm³/mol. The van der Waals surface area contributed by atoms with Crippen LogP contribution in [0.3, 0.4) is 0 Å². The number of hydrogen-bond donors (Lipinski definition) is 3. The van der Waals surface area contributed by atoms with E-state index in [1.54, 1.807) is 0 Å². The van der Waals surface area contributed by atoms with Crippen molar-refractivity contribution < 1.29 is 9.90 Å². The molecule has 0 spiro atoms. The maximum absolute atomic E-state index is 12.4. The third-order valence-electron chi connectivity index (χ3n) is 5.84. The summed E-state index contributed by atoms with van der Waals surface area (Å²) in [6.07, 6.45) is 2.03. The monoisotopic (exact) mass is 240 g/mol. The van der Waals surface area contributed by atoms with Gasteiger partial charge in [0.2, 0.25) is 5.91 Å². The van der Waals surface area contributed by atoms with Crippen LogP contribution in [0.1, 0.15) is 40.0 Å². The minimum atomic E-state index is -0.406. The van der Waals surface area contributed by atoms with Crippen LogP contribution in [0.5, 0.6) is 0 Å². The van der Waals surface area contributed by atoms with Crippen molar-refractivity contribution in [2.24, 2.45) is 22.0 Å². The van der Waals surface area contributed by atoms with E-state index in [2.05, 4.69) is 26.1 Å². The second-order valence-electron chi connectivity index (χ2n) is 6.39. The molecule has 0 radical (unpaired) electrons. The smallest absolute Gasteiger partial charge is 0.226 e. The highest BCUT2D eigenvalue weighted by Crippen LogP contribution is 2.72. The minimum absolute atomic E-state index is 0.0771. The fourth-order valence-electron chi connectivity index (χ4n) is 3.99. The fourth-order valence-corrected chi connectivity index (χ4v) is 3.99. The van der Waals surface area contributed by atoms with Gasteiger partial charge in [-0.3, -0.25) is 4.79 Å². The third kappa shape index (κ3) is 1.34. The van der Waals surface area contributed by atoms with Crippen LogP contribution >= 0.6 is 0 Å². The Kier molecular flexibility index (Phi) is 2.79. The van der Waals surface area contributed by atoms with Gasteiger partial charge in [0.25, 0.3) is 0 Å². The van der Waals surface area contributed by atoms with Crippen LogP contribution in [-0.4, -0.2) is 30.2 Å². The van der Waals surface area contributed by atoms with Crippen LogP contribution in [0, 0.1) is 16.2 Å². The summed E-state index contributed by atoms with van der Waals surface area (Å²) in [5.41, 5.74) is 4.73. The van der Waals surface area contributed by atoms with Crippen molar-refractivity contribution in [3.05, 3.63) is 0 Å². The number of amides is 1. The molecule has 0 heterocycles.